The summed E-state index contributed by atoms with van der Waals surface area (Å²) >= 11 is 0. The smallest absolute Gasteiger partial charge is 0.213 e. The number of rotatable bonds is 7. The zero-order chi connectivity index (χ0) is 19.3. The van der Waals surface area contributed by atoms with Crippen molar-refractivity contribution in [2.75, 3.05) is 13.2 Å². The molecule has 1 fully saturated rings. The highest BCUT2D eigenvalue weighted by Gasteiger charge is 2.24. The van der Waals surface area contributed by atoms with Crippen LogP contribution in [0.4, 0.5) is 0 Å². The molecule has 0 bridgehead atoms. The Morgan fingerprint density at radius 1 is 1.36 bits per heavy atom. The quantitative estimate of drug-likeness (QED) is 0.564. The molecule has 0 aromatic carbocycles. The summed E-state index contributed by atoms with van der Waals surface area (Å²) in [4.78, 5) is 13.7. The molecule has 1 aliphatic carbocycles. The molecule has 2 aliphatic rings. The van der Waals surface area contributed by atoms with Crippen LogP contribution in [0.3, 0.4) is 0 Å². The van der Waals surface area contributed by atoms with E-state index in [-0.39, 0.29) is 6.04 Å². The molecule has 1 atom stereocenters. The minimum absolute atomic E-state index is 0.127. The number of aromatic nitrogens is 4. The van der Waals surface area contributed by atoms with Crippen LogP contribution in [0.15, 0.2) is 23.3 Å². The van der Waals surface area contributed by atoms with Crippen molar-refractivity contribution in [1.82, 2.24) is 30.4 Å². The van der Waals surface area contributed by atoms with E-state index in [1.165, 1.54) is 12.8 Å². The van der Waals surface area contributed by atoms with Crippen molar-refractivity contribution < 1.29 is 4.74 Å². The van der Waals surface area contributed by atoms with E-state index in [0.717, 1.165) is 55.7 Å². The van der Waals surface area contributed by atoms with E-state index < -0.39 is 0 Å². The van der Waals surface area contributed by atoms with E-state index in [4.69, 9.17) is 9.73 Å². The molecule has 8 nitrogen and oxygen atoms in total. The van der Waals surface area contributed by atoms with Gasteiger partial charge in [-0.3, -0.25) is 0 Å². The van der Waals surface area contributed by atoms with Crippen molar-refractivity contribution in [3.8, 4) is 5.88 Å². The summed E-state index contributed by atoms with van der Waals surface area (Å²) in [6.45, 7) is 7.08. The topological polar surface area (TPSA) is 89.3 Å². The second-order valence-corrected chi connectivity index (χ2v) is 7.53. The Morgan fingerprint density at radius 3 is 3.07 bits per heavy atom. The Hall–Kier alpha value is -2.64. The summed E-state index contributed by atoms with van der Waals surface area (Å²) in [5, 5.41) is 11.3. The van der Waals surface area contributed by atoms with Crippen LogP contribution in [-0.4, -0.2) is 38.9 Å². The first-order chi connectivity index (χ1) is 13.7. The Kier molecular flexibility index (Phi) is 5.73. The number of nitrogens with zero attached hydrogens (tertiary/aromatic N) is 5. The monoisotopic (exact) mass is 383 g/mol. The molecule has 3 heterocycles. The summed E-state index contributed by atoms with van der Waals surface area (Å²) < 4.78 is 7.79. The maximum absolute atomic E-state index is 5.78. The minimum Gasteiger partial charge on any atom is -0.477 e. The highest BCUT2D eigenvalue weighted by molar-refractivity contribution is 5.80. The van der Waals surface area contributed by atoms with Crippen LogP contribution >= 0.6 is 0 Å². The maximum Gasteiger partial charge on any atom is 0.213 e. The van der Waals surface area contributed by atoms with Crippen molar-refractivity contribution in [1.29, 1.82) is 0 Å². The summed E-state index contributed by atoms with van der Waals surface area (Å²) in [6.07, 6.45) is 6.45. The fraction of sp³-hybridized carbons (Fsp3) is 0.600. The SMILES string of the molecule is CCNC(=NCc1ccnc(OCC2CC2)c1)NC1CCCn2nc(C)nc21. The number of guanidine groups is 1. The molecule has 1 unspecified atom stereocenters. The Bertz CT molecular complexity index is 828. The lowest BCUT2D eigenvalue weighted by molar-refractivity contribution is 0.288. The molecule has 2 N–H and O–H groups in total. The van der Waals surface area contributed by atoms with Crippen molar-refractivity contribution in [2.45, 2.75) is 58.7 Å². The van der Waals surface area contributed by atoms with Gasteiger partial charge >= 0.3 is 0 Å². The predicted molar refractivity (Wildman–Crippen MR) is 107 cm³/mol. The van der Waals surface area contributed by atoms with Crippen LogP contribution in [0.1, 0.15) is 55.9 Å². The second-order valence-electron chi connectivity index (χ2n) is 7.53. The van der Waals surface area contributed by atoms with E-state index in [1.807, 2.05) is 23.7 Å². The minimum atomic E-state index is 0.127. The summed E-state index contributed by atoms with van der Waals surface area (Å²) in [5.41, 5.74) is 1.08. The first-order valence-corrected chi connectivity index (χ1v) is 10.2. The number of fused-ring (bicyclic) bond motifs is 1. The lowest BCUT2D eigenvalue weighted by atomic mass is 10.1. The summed E-state index contributed by atoms with van der Waals surface area (Å²) in [6, 6.07) is 4.09. The Labute approximate surface area is 165 Å². The number of pyridine rings is 1. The fourth-order valence-electron chi connectivity index (χ4n) is 3.38. The van der Waals surface area contributed by atoms with Gasteiger partial charge in [0, 0.05) is 25.4 Å². The predicted octanol–water partition coefficient (Wildman–Crippen LogP) is 2.36. The van der Waals surface area contributed by atoms with Crippen molar-refractivity contribution in [2.24, 2.45) is 10.9 Å². The van der Waals surface area contributed by atoms with E-state index in [1.54, 1.807) is 6.20 Å². The fourth-order valence-corrected chi connectivity index (χ4v) is 3.38. The van der Waals surface area contributed by atoms with E-state index in [2.05, 4.69) is 32.6 Å². The third kappa shape index (κ3) is 4.79. The number of aliphatic imine (C=N–C) groups is 1. The summed E-state index contributed by atoms with van der Waals surface area (Å²) in [5.74, 6) is 4.01. The van der Waals surface area contributed by atoms with E-state index in [9.17, 15) is 0 Å². The van der Waals surface area contributed by atoms with Gasteiger partial charge in [0.1, 0.15) is 11.6 Å². The molecule has 150 valence electrons. The normalized spacial score (nSPS) is 19.2. The third-order valence-corrected chi connectivity index (χ3v) is 5.02. The van der Waals surface area contributed by atoms with Gasteiger partial charge in [-0.1, -0.05) is 0 Å². The molecule has 2 aromatic rings. The van der Waals surface area contributed by atoms with Crippen molar-refractivity contribution in [3.05, 3.63) is 35.5 Å². The third-order valence-electron chi connectivity index (χ3n) is 5.02. The van der Waals surface area contributed by atoms with E-state index >= 15 is 0 Å². The van der Waals surface area contributed by atoms with Gasteiger partial charge in [0.2, 0.25) is 5.88 Å². The van der Waals surface area contributed by atoms with E-state index in [0.29, 0.717) is 18.3 Å². The molecule has 0 saturated heterocycles. The number of hydrogen-bond donors (Lipinski definition) is 2. The van der Waals surface area contributed by atoms with Gasteiger partial charge in [-0.15, -0.1) is 0 Å². The van der Waals surface area contributed by atoms with Gasteiger partial charge in [-0.2, -0.15) is 5.10 Å². The van der Waals surface area contributed by atoms with Gasteiger partial charge in [-0.05, 0) is 57.1 Å². The van der Waals surface area contributed by atoms with Crippen LogP contribution in [0, 0.1) is 12.8 Å². The molecule has 2 aromatic heterocycles. The standard InChI is InChI=1S/C20H29N7O/c1-3-21-20(25-17-5-4-10-27-19(17)24-14(2)26-27)23-12-16-8-9-22-18(11-16)28-13-15-6-7-15/h8-9,11,15,17H,3-7,10,12-13H2,1-2H3,(H2,21,23,25). The molecule has 8 heteroatoms. The molecular formula is C20H29N7O. The molecule has 0 spiro atoms. The molecule has 0 amide bonds. The highest BCUT2D eigenvalue weighted by atomic mass is 16.5. The lowest BCUT2D eigenvalue weighted by Crippen LogP contribution is -2.41. The molecule has 28 heavy (non-hydrogen) atoms. The Balaban J connectivity index is 1.41. The molecule has 1 saturated carbocycles. The van der Waals surface area contributed by atoms with Gasteiger partial charge in [0.05, 0.1) is 19.2 Å². The zero-order valence-electron chi connectivity index (χ0n) is 16.7. The Morgan fingerprint density at radius 2 is 2.25 bits per heavy atom. The first kappa shape index (κ1) is 18.7. The number of ether oxygens (including phenoxy) is 1. The largest absolute Gasteiger partial charge is 0.477 e. The maximum atomic E-state index is 5.78. The van der Waals surface area contributed by atoms with Crippen LogP contribution in [-0.2, 0) is 13.1 Å². The van der Waals surface area contributed by atoms with Crippen LogP contribution in [0.25, 0.3) is 0 Å². The first-order valence-electron chi connectivity index (χ1n) is 10.2. The number of hydrogen-bond acceptors (Lipinski definition) is 5. The average Bonchev–Trinajstić information content (AvgIpc) is 3.44. The lowest BCUT2D eigenvalue weighted by Gasteiger charge is -2.25. The van der Waals surface area contributed by atoms with Crippen LogP contribution in [0.2, 0.25) is 0 Å². The van der Waals surface area contributed by atoms with Crippen LogP contribution < -0.4 is 15.4 Å². The van der Waals surface area contributed by atoms with Gasteiger partial charge < -0.3 is 15.4 Å². The van der Waals surface area contributed by atoms with Gasteiger partial charge in [-0.25, -0.2) is 19.6 Å². The molecule has 1 aliphatic heterocycles. The van der Waals surface area contributed by atoms with Crippen molar-refractivity contribution >= 4 is 5.96 Å². The molecule has 4 rings (SSSR count). The average molecular weight is 384 g/mol. The summed E-state index contributed by atoms with van der Waals surface area (Å²) in [7, 11) is 0. The molecular weight excluding hydrogens is 354 g/mol. The van der Waals surface area contributed by atoms with Crippen LogP contribution in [0.5, 0.6) is 5.88 Å². The molecule has 0 radical (unpaired) electrons. The zero-order valence-corrected chi connectivity index (χ0v) is 16.7. The number of nitrogens with one attached hydrogen (secondary N) is 2. The highest BCUT2D eigenvalue weighted by Crippen LogP contribution is 2.29. The van der Waals surface area contributed by atoms with Gasteiger partial charge in [0.25, 0.3) is 0 Å². The second kappa shape index (κ2) is 8.58. The van der Waals surface area contributed by atoms with Crippen molar-refractivity contribution in [3.63, 3.8) is 0 Å². The number of aryl methyl sites for hydroxylation is 2. The van der Waals surface area contributed by atoms with Gasteiger partial charge in [0.15, 0.2) is 5.96 Å².